The molecule has 0 spiro atoms. The van der Waals surface area contributed by atoms with E-state index in [0.717, 1.165) is 48.3 Å². The zero-order valence-electron chi connectivity index (χ0n) is 21.1. The molecule has 0 radical (unpaired) electrons. The van der Waals surface area contributed by atoms with Crippen molar-refractivity contribution in [3.63, 3.8) is 0 Å². The highest BCUT2D eigenvalue weighted by atomic mass is 16.6. The van der Waals surface area contributed by atoms with Gasteiger partial charge in [0.05, 0.1) is 18.3 Å². The van der Waals surface area contributed by atoms with Gasteiger partial charge in [-0.1, -0.05) is 59.6 Å². The minimum absolute atomic E-state index is 0.0919. The van der Waals surface area contributed by atoms with Crippen molar-refractivity contribution in [1.29, 1.82) is 0 Å². The van der Waals surface area contributed by atoms with Crippen molar-refractivity contribution in [1.82, 2.24) is 0 Å². The molecule has 1 saturated heterocycles. The van der Waals surface area contributed by atoms with Crippen LogP contribution in [0.1, 0.15) is 99.3 Å². The van der Waals surface area contributed by atoms with E-state index in [2.05, 4.69) is 47.6 Å². The highest BCUT2D eigenvalue weighted by molar-refractivity contribution is 5.25. The Morgan fingerprint density at radius 2 is 1.81 bits per heavy atom. The van der Waals surface area contributed by atoms with Crippen LogP contribution in [-0.2, 0) is 4.74 Å². The molecule has 0 amide bonds. The lowest BCUT2D eigenvalue weighted by atomic mass is 9.47. The lowest BCUT2D eigenvalue weighted by Crippen LogP contribution is -2.51. The van der Waals surface area contributed by atoms with Crippen molar-refractivity contribution in [2.24, 2.45) is 52.3 Å². The molecule has 4 unspecified atom stereocenters. The van der Waals surface area contributed by atoms with Crippen LogP contribution in [-0.4, -0.2) is 23.4 Å². The number of ether oxygens (including phenoxy) is 1. The molecule has 31 heavy (non-hydrogen) atoms. The largest absolute Gasteiger partial charge is 0.393 e. The van der Waals surface area contributed by atoms with Crippen molar-refractivity contribution in [2.45, 2.75) is 118 Å². The Balaban J connectivity index is 1.33. The predicted molar refractivity (Wildman–Crippen MR) is 128 cm³/mol. The van der Waals surface area contributed by atoms with E-state index in [1.165, 1.54) is 44.9 Å². The molecule has 5 aliphatic rings. The first-order valence-electron chi connectivity index (χ1n) is 13.7. The summed E-state index contributed by atoms with van der Waals surface area (Å²) in [6, 6.07) is 0. The Morgan fingerprint density at radius 1 is 1.03 bits per heavy atom. The van der Waals surface area contributed by atoms with Gasteiger partial charge in [-0.3, -0.25) is 0 Å². The number of aliphatic hydroxyl groups is 1. The molecule has 0 aromatic heterocycles. The smallest absolute Gasteiger partial charge is 0.0875 e. The zero-order chi connectivity index (χ0) is 22.1. The molecular weight excluding hydrogens is 380 g/mol. The molecule has 0 aromatic carbocycles. The van der Waals surface area contributed by atoms with Crippen LogP contribution in [0.5, 0.6) is 0 Å². The molecule has 0 bridgehead atoms. The van der Waals surface area contributed by atoms with Gasteiger partial charge < -0.3 is 9.84 Å². The second-order valence-electron chi connectivity index (χ2n) is 13.1. The van der Waals surface area contributed by atoms with Gasteiger partial charge in [0.25, 0.3) is 0 Å². The number of allylic oxidation sites excluding steroid dienone is 1. The summed E-state index contributed by atoms with van der Waals surface area (Å²) in [6.07, 6.45) is 14.9. The Kier molecular flexibility index (Phi) is 5.70. The first-order chi connectivity index (χ1) is 14.7. The molecule has 1 aliphatic heterocycles. The minimum Gasteiger partial charge on any atom is -0.393 e. The van der Waals surface area contributed by atoms with Gasteiger partial charge in [-0.2, -0.15) is 0 Å². The van der Waals surface area contributed by atoms with E-state index < -0.39 is 0 Å². The van der Waals surface area contributed by atoms with Crippen molar-refractivity contribution in [3.05, 3.63) is 11.6 Å². The Morgan fingerprint density at radius 3 is 2.52 bits per heavy atom. The molecule has 11 atom stereocenters. The summed E-state index contributed by atoms with van der Waals surface area (Å²) in [6.45, 7) is 14.9. The predicted octanol–water partition coefficient (Wildman–Crippen LogP) is 7.01. The second-order valence-corrected chi connectivity index (χ2v) is 13.1. The Hall–Kier alpha value is -0.340. The summed E-state index contributed by atoms with van der Waals surface area (Å²) in [4.78, 5) is 0. The first-order valence-corrected chi connectivity index (χ1v) is 13.7. The number of hydrogen-bond acceptors (Lipinski definition) is 2. The van der Waals surface area contributed by atoms with Crippen molar-refractivity contribution in [3.8, 4) is 0 Å². The third-order valence-corrected chi connectivity index (χ3v) is 11.6. The number of hydrogen-bond donors (Lipinski definition) is 1. The minimum atomic E-state index is -0.0919. The molecule has 2 nitrogen and oxygen atoms in total. The maximum absolute atomic E-state index is 10.3. The standard InChI is InChI=1S/C29H48O2/c1-7-21(17(2)3)27-26(31-27)18(4)23-10-11-24-22-9-8-19-16-20(30)12-14-28(19,5)25(22)13-15-29(23,24)6/h8,17-18,20-27,30H,7,9-16H2,1-6H3/t18-,20-,21-,22?,23?,24?,25?,26+,27+,28-,29+/m0/s1. The van der Waals surface area contributed by atoms with Crippen molar-refractivity contribution >= 4 is 0 Å². The molecule has 4 fully saturated rings. The number of aliphatic hydroxyl groups excluding tert-OH is 1. The van der Waals surface area contributed by atoms with E-state index in [-0.39, 0.29) is 6.10 Å². The average Bonchev–Trinajstić information content (AvgIpc) is 3.42. The van der Waals surface area contributed by atoms with Crippen LogP contribution in [0.15, 0.2) is 11.6 Å². The van der Waals surface area contributed by atoms with E-state index in [1.807, 2.05) is 0 Å². The van der Waals surface area contributed by atoms with Crippen molar-refractivity contribution in [2.75, 3.05) is 0 Å². The van der Waals surface area contributed by atoms with Crippen LogP contribution < -0.4 is 0 Å². The molecule has 1 N–H and O–H groups in total. The first kappa shape index (κ1) is 22.5. The van der Waals surface area contributed by atoms with Gasteiger partial charge in [0.2, 0.25) is 0 Å². The monoisotopic (exact) mass is 428 g/mol. The number of fused-ring (bicyclic) bond motifs is 5. The third-order valence-electron chi connectivity index (χ3n) is 11.6. The van der Waals surface area contributed by atoms with E-state index in [1.54, 1.807) is 5.57 Å². The second kappa shape index (κ2) is 7.86. The van der Waals surface area contributed by atoms with E-state index in [0.29, 0.717) is 29.0 Å². The molecule has 176 valence electrons. The summed E-state index contributed by atoms with van der Waals surface area (Å²) in [5.41, 5.74) is 2.48. The zero-order valence-corrected chi connectivity index (χ0v) is 21.1. The molecular formula is C29H48O2. The van der Waals surface area contributed by atoms with Crippen LogP contribution in [0.2, 0.25) is 0 Å². The normalized spacial score (nSPS) is 50.8. The summed E-state index contributed by atoms with van der Waals surface area (Å²) >= 11 is 0. The summed E-state index contributed by atoms with van der Waals surface area (Å²) < 4.78 is 6.40. The summed E-state index contributed by atoms with van der Waals surface area (Å²) in [5, 5.41) is 10.3. The highest BCUT2D eigenvalue weighted by Gasteiger charge is 2.61. The quantitative estimate of drug-likeness (QED) is 0.377. The van der Waals surface area contributed by atoms with Crippen LogP contribution in [0.3, 0.4) is 0 Å². The fourth-order valence-electron chi connectivity index (χ4n) is 9.76. The molecule has 1 heterocycles. The van der Waals surface area contributed by atoms with Crippen LogP contribution in [0.4, 0.5) is 0 Å². The van der Waals surface area contributed by atoms with Gasteiger partial charge in [0.1, 0.15) is 0 Å². The number of rotatable bonds is 5. The Bertz CT molecular complexity index is 712. The maximum Gasteiger partial charge on any atom is 0.0875 e. The van der Waals surface area contributed by atoms with Crippen molar-refractivity contribution < 1.29 is 9.84 Å². The van der Waals surface area contributed by atoms with Crippen LogP contribution in [0, 0.1) is 52.3 Å². The van der Waals surface area contributed by atoms with Gasteiger partial charge in [-0.15, -0.1) is 0 Å². The maximum atomic E-state index is 10.3. The average molecular weight is 429 g/mol. The summed E-state index contributed by atoms with van der Waals surface area (Å²) in [5.74, 6) is 5.62. The molecule has 3 saturated carbocycles. The third kappa shape index (κ3) is 3.40. The summed E-state index contributed by atoms with van der Waals surface area (Å²) in [7, 11) is 0. The lowest BCUT2D eigenvalue weighted by Gasteiger charge is -2.58. The van der Waals surface area contributed by atoms with Gasteiger partial charge >= 0.3 is 0 Å². The van der Waals surface area contributed by atoms with Gasteiger partial charge in [-0.25, -0.2) is 0 Å². The van der Waals surface area contributed by atoms with Gasteiger partial charge in [0, 0.05) is 0 Å². The number of epoxide rings is 1. The van der Waals surface area contributed by atoms with E-state index in [4.69, 9.17) is 4.74 Å². The Labute approximate surface area is 191 Å². The van der Waals surface area contributed by atoms with Gasteiger partial charge in [-0.05, 0) is 104 Å². The molecule has 5 rings (SSSR count). The van der Waals surface area contributed by atoms with E-state index in [9.17, 15) is 5.11 Å². The van der Waals surface area contributed by atoms with Gasteiger partial charge in [0.15, 0.2) is 0 Å². The SMILES string of the molecule is CC[C@@H](C(C)C)[C@H]1O[C@@H]1[C@@H](C)C1CCC2C3CC=C4C[C@@H](O)CC[C@]4(C)C3CC[C@@]21C. The van der Waals surface area contributed by atoms with Crippen LogP contribution in [0.25, 0.3) is 0 Å². The molecule has 2 heteroatoms. The fourth-order valence-corrected chi connectivity index (χ4v) is 9.76. The topological polar surface area (TPSA) is 32.8 Å². The van der Waals surface area contributed by atoms with Crippen LogP contribution >= 0.6 is 0 Å². The van der Waals surface area contributed by atoms with E-state index >= 15 is 0 Å². The highest BCUT2D eigenvalue weighted by Crippen LogP contribution is 2.68. The fraction of sp³-hybridized carbons (Fsp3) is 0.931. The molecule has 4 aliphatic carbocycles. The lowest BCUT2D eigenvalue weighted by molar-refractivity contribution is -0.0582. The molecule has 0 aromatic rings.